The molecule has 1 aliphatic heterocycles. The van der Waals surface area contributed by atoms with Crippen LogP contribution in [-0.4, -0.2) is 106 Å². The predicted molar refractivity (Wildman–Crippen MR) is 222 cm³/mol. The number of nitrogens with one attached hydrogen (secondary N) is 2. The lowest BCUT2D eigenvalue weighted by Crippen LogP contribution is -2.62. The Kier molecular flexibility index (Phi) is 12.8. The van der Waals surface area contributed by atoms with E-state index in [1.54, 1.807) is 19.1 Å². The van der Waals surface area contributed by atoms with E-state index in [1.807, 2.05) is 87.7 Å². The molecule has 1 saturated heterocycles. The van der Waals surface area contributed by atoms with Crippen LogP contribution in [0.1, 0.15) is 62.0 Å². The average Bonchev–Trinajstić information content (AvgIpc) is 3.53. The largest absolute Gasteiger partial charge is 0.496 e. The van der Waals surface area contributed by atoms with Crippen molar-refractivity contribution in [1.29, 1.82) is 0 Å². The maximum absolute atomic E-state index is 14.3. The van der Waals surface area contributed by atoms with E-state index in [0.29, 0.717) is 47.4 Å². The molecular weight excluding hydrogens is 705 g/mol. The Morgan fingerprint density at radius 1 is 1.05 bits per heavy atom. The Balaban J connectivity index is 1.28. The van der Waals surface area contributed by atoms with Gasteiger partial charge in [0, 0.05) is 67.6 Å². The molecule has 1 heterocycles. The third kappa shape index (κ3) is 8.62. The molecule has 3 aliphatic carbocycles. The van der Waals surface area contributed by atoms with Gasteiger partial charge < -0.3 is 36.0 Å². The van der Waals surface area contributed by atoms with Crippen molar-refractivity contribution in [2.45, 2.75) is 83.8 Å². The number of likely N-dealkylation sites (N-methyl/N-ethyl adjacent to an activating group) is 1. The zero-order chi connectivity index (χ0) is 40.5. The van der Waals surface area contributed by atoms with E-state index in [0.717, 1.165) is 34.4 Å². The number of nitrogens with two attached hydrogens (primary N) is 1. The van der Waals surface area contributed by atoms with Gasteiger partial charge in [0.25, 0.3) is 5.91 Å². The summed E-state index contributed by atoms with van der Waals surface area (Å²) >= 11 is 0. The first kappa shape index (κ1) is 41.6. The van der Waals surface area contributed by atoms with Crippen molar-refractivity contribution in [2.24, 2.45) is 34.8 Å². The second-order valence-corrected chi connectivity index (χ2v) is 17.6. The number of rotatable bonds is 15. The van der Waals surface area contributed by atoms with Crippen LogP contribution in [0.5, 0.6) is 5.75 Å². The number of hydrogen-bond donors (Lipinski definition) is 4. The van der Waals surface area contributed by atoms with Crippen molar-refractivity contribution in [2.75, 3.05) is 53.3 Å². The van der Waals surface area contributed by atoms with Crippen LogP contribution in [-0.2, 0) is 22.6 Å². The first-order valence-electron chi connectivity index (χ1n) is 20.2. The lowest BCUT2D eigenvalue weighted by atomic mass is 9.45. The Morgan fingerprint density at radius 2 is 1.79 bits per heavy atom. The third-order valence-corrected chi connectivity index (χ3v) is 13.0. The van der Waals surface area contributed by atoms with Crippen LogP contribution in [0.4, 0.5) is 5.69 Å². The standard InChI is InChI=1S/C45H64N6O5/c1-27-37-22-33(45(37,3)4)23-38(27)48-44(54)41-40(28(2)52)39(24-46)56-51(41)25-30-16-13-17-36(42(30)55-9)31-19-32(21-35(20-31)50(7)8)43(53)47-34(26-49(5)6)18-29-14-11-10-12-15-29/h10-17,19-21,27-28,33-34,37-41,52H,18,22-26,46H2,1-9H3,(H,47,53)(H,48,54)/t27-,28-,33+,34-,37-,38?,39-,40+,41-/m0/s1. The van der Waals surface area contributed by atoms with Gasteiger partial charge in [0.15, 0.2) is 0 Å². The molecule has 11 heteroatoms. The van der Waals surface area contributed by atoms with Gasteiger partial charge in [0.05, 0.1) is 25.9 Å². The van der Waals surface area contributed by atoms with Crippen molar-refractivity contribution in [3.05, 3.63) is 83.4 Å². The number of carbonyl (C=O) groups is 2. The summed E-state index contributed by atoms with van der Waals surface area (Å²) in [5, 5.41) is 19.4. The van der Waals surface area contributed by atoms with Crippen LogP contribution in [0, 0.1) is 29.1 Å². The van der Waals surface area contributed by atoms with Gasteiger partial charge in [-0.2, -0.15) is 5.06 Å². The maximum atomic E-state index is 14.3. The minimum atomic E-state index is -0.822. The molecule has 7 rings (SSSR count). The second kappa shape index (κ2) is 17.2. The number of amides is 2. The minimum absolute atomic E-state index is 0.0671. The van der Waals surface area contributed by atoms with Gasteiger partial charge in [-0.15, -0.1) is 0 Å². The van der Waals surface area contributed by atoms with Gasteiger partial charge in [-0.1, -0.05) is 69.3 Å². The maximum Gasteiger partial charge on any atom is 0.251 e. The number of aliphatic hydroxyl groups is 1. The molecule has 0 spiro atoms. The molecule has 0 aromatic heterocycles. The summed E-state index contributed by atoms with van der Waals surface area (Å²) in [6, 6.07) is 21.2. The molecule has 5 N–H and O–H groups in total. The molecule has 0 radical (unpaired) electrons. The summed E-state index contributed by atoms with van der Waals surface area (Å²) in [6.07, 6.45) is 1.52. The summed E-state index contributed by atoms with van der Waals surface area (Å²) in [6.45, 7) is 9.74. The van der Waals surface area contributed by atoms with E-state index in [-0.39, 0.29) is 37.0 Å². The number of nitrogens with zero attached hydrogens (tertiary/aromatic N) is 3. The number of methoxy groups -OCH3 is 1. The number of aliphatic hydroxyl groups excluding tert-OH is 1. The summed E-state index contributed by atoms with van der Waals surface area (Å²) in [7, 11) is 9.57. The lowest BCUT2D eigenvalue weighted by Gasteiger charge is -2.62. The van der Waals surface area contributed by atoms with Crippen molar-refractivity contribution < 1.29 is 24.3 Å². The van der Waals surface area contributed by atoms with Crippen molar-refractivity contribution in [3.8, 4) is 16.9 Å². The third-order valence-electron chi connectivity index (χ3n) is 13.0. The van der Waals surface area contributed by atoms with Crippen LogP contribution in [0.2, 0.25) is 0 Å². The van der Waals surface area contributed by atoms with Crippen molar-refractivity contribution in [1.82, 2.24) is 20.6 Å². The minimum Gasteiger partial charge on any atom is -0.496 e. The van der Waals surface area contributed by atoms with E-state index in [9.17, 15) is 14.7 Å². The van der Waals surface area contributed by atoms with Crippen LogP contribution in [0.15, 0.2) is 66.7 Å². The van der Waals surface area contributed by atoms with Crippen LogP contribution < -0.4 is 26.0 Å². The normalized spacial score (nSPS) is 26.6. The molecule has 2 bridgehead atoms. The topological polar surface area (TPSA) is 133 Å². The molecule has 2 amide bonds. The first-order chi connectivity index (χ1) is 26.6. The molecule has 3 aromatic carbocycles. The zero-order valence-corrected chi connectivity index (χ0v) is 34.8. The SMILES string of the molecule is COc1c(CN2O[C@@H](CN)[C@@H]([C@H](C)O)[C@H]2C(=O)NC2C[C@H]3C[C@@H]([C@@H]2C)C3(C)C)cccc1-c1cc(C(=O)N[C@@H](Cc2ccccc2)CN(C)C)cc(N(C)C)c1. The summed E-state index contributed by atoms with van der Waals surface area (Å²) in [5.74, 6) is 1.31. The van der Waals surface area contributed by atoms with Crippen LogP contribution >= 0.6 is 0 Å². The Labute approximate surface area is 333 Å². The lowest BCUT2D eigenvalue weighted by molar-refractivity contribution is -0.175. The summed E-state index contributed by atoms with van der Waals surface area (Å²) < 4.78 is 6.13. The predicted octanol–water partition coefficient (Wildman–Crippen LogP) is 4.96. The highest BCUT2D eigenvalue weighted by atomic mass is 16.7. The van der Waals surface area contributed by atoms with Gasteiger partial charge >= 0.3 is 0 Å². The molecule has 11 nitrogen and oxygen atoms in total. The van der Waals surface area contributed by atoms with Gasteiger partial charge in [-0.25, -0.2) is 0 Å². The highest BCUT2D eigenvalue weighted by Crippen LogP contribution is 2.61. The number of anilines is 1. The van der Waals surface area contributed by atoms with Crippen molar-refractivity contribution >= 4 is 17.5 Å². The fraction of sp³-hybridized carbons (Fsp3) is 0.556. The average molecular weight is 769 g/mol. The Morgan fingerprint density at radius 3 is 2.39 bits per heavy atom. The molecule has 4 aliphatic rings. The van der Waals surface area contributed by atoms with Gasteiger partial charge in [0.1, 0.15) is 11.8 Å². The first-order valence-corrected chi connectivity index (χ1v) is 20.2. The number of benzene rings is 3. The highest BCUT2D eigenvalue weighted by Gasteiger charge is 2.57. The molecule has 304 valence electrons. The van der Waals surface area contributed by atoms with Crippen LogP contribution in [0.25, 0.3) is 11.1 Å². The Bertz CT molecular complexity index is 1830. The number of para-hydroxylation sites is 1. The number of carbonyl (C=O) groups excluding carboxylic acids is 2. The number of ether oxygens (including phenoxy) is 1. The summed E-state index contributed by atoms with van der Waals surface area (Å²) in [4.78, 5) is 38.9. The molecular formula is C45H64N6O5. The van der Waals surface area contributed by atoms with Gasteiger partial charge in [-0.3, -0.25) is 14.4 Å². The molecule has 3 saturated carbocycles. The second-order valence-electron chi connectivity index (χ2n) is 17.6. The molecule has 3 aromatic rings. The number of hydrogen-bond acceptors (Lipinski definition) is 9. The smallest absolute Gasteiger partial charge is 0.251 e. The van der Waals surface area contributed by atoms with E-state index < -0.39 is 24.2 Å². The quantitative estimate of drug-likeness (QED) is 0.170. The van der Waals surface area contributed by atoms with Gasteiger partial charge in [0.2, 0.25) is 5.91 Å². The monoisotopic (exact) mass is 768 g/mol. The Hall–Kier alpha value is -4.00. The molecule has 9 atom stereocenters. The highest BCUT2D eigenvalue weighted by molar-refractivity contribution is 5.97. The van der Waals surface area contributed by atoms with E-state index in [2.05, 4.69) is 48.4 Å². The fourth-order valence-corrected chi connectivity index (χ4v) is 9.80. The van der Waals surface area contributed by atoms with E-state index >= 15 is 0 Å². The van der Waals surface area contributed by atoms with Crippen LogP contribution in [0.3, 0.4) is 0 Å². The molecule has 56 heavy (non-hydrogen) atoms. The molecule has 1 unspecified atom stereocenters. The van der Waals surface area contributed by atoms with Crippen molar-refractivity contribution in [3.63, 3.8) is 0 Å². The van der Waals surface area contributed by atoms with E-state index in [4.69, 9.17) is 15.3 Å². The number of fused-ring (bicyclic) bond motifs is 2. The summed E-state index contributed by atoms with van der Waals surface area (Å²) in [5.41, 5.74) is 11.5. The molecule has 4 fully saturated rings. The fourth-order valence-electron chi connectivity index (χ4n) is 9.80. The van der Waals surface area contributed by atoms with Gasteiger partial charge in [-0.05, 0) is 92.8 Å². The van der Waals surface area contributed by atoms with E-state index in [1.165, 1.54) is 6.42 Å². The number of hydroxylamine groups is 2. The zero-order valence-electron chi connectivity index (χ0n) is 34.8.